The number of hydrogen-bond donors (Lipinski definition) is 0. The van der Waals surface area contributed by atoms with Crippen molar-refractivity contribution in [1.29, 1.82) is 0 Å². The van der Waals surface area contributed by atoms with Gasteiger partial charge in [-0.25, -0.2) is 0 Å². The van der Waals surface area contributed by atoms with Gasteiger partial charge in [-0.3, -0.25) is 4.79 Å². The zero-order chi connectivity index (χ0) is 14.6. The smallest absolute Gasteiger partial charge is 0.156 e. The first-order chi connectivity index (χ1) is 10.1. The molecule has 0 aliphatic heterocycles. The highest BCUT2D eigenvalue weighted by Gasteiger charge is 2.49. The Kier molecular flexibility index (Phi) is 3.03. The minimum atomic E-state index is 0.351. The first-order valence-corrected chi connectivity index (χ1v) is 8.78. The Balaban J connectivity index is 1.72. The van der Waals surface area contributed by atoms with Gasteiger partial charge in [0, 0.05) is 6.42 Å². The van der Waals surface area contributed by atoms with E-state index in [4.69, 9.17) is 0 Å². The zero-order valence-electron chi connectivity index (χ0n) is 13.4. The molecule has 1 fully saturated rings. The summed E-state index contributed by atoms with van der Waals surface area (Å²) >= 11 is 0. The molecule has 4 aliphatic carbocycles. The van der Waals surface area contributed by atoms with E-state index in [2.05, 4.69) is 19.9 Å². The van der Waals surface area contributed by atoms with Gasteiger partial charge < -0.3 is 0 Å². The minimum absolute atomic E-state index is 0.351. The topological polar surface area (TPSA) is 17.1 Å². The third kappa shape index (κ3) is 1.86. The summed E-state index contributed by atoms with van der Waals surface area (Å²) in [5.74, 6) is 1.98. The maximum atomic E-state index is 11.7. The quantitative estimate of drug-likeness (QED) is 0.609. The van der Waals surface area contributed by atoms with Gasteiger partial charge in [0.15, 0.2) is 5.78 Å². The van der Waals surface area contributed by atoms with Crippen molar-refractivity contribution in [2.24, 2.45) is 17.3 Å². The van der Waals surface area contributed by atoms with E-state index < -0.39 is 0 Å². The van der Waals surface area contributed by atoms with Crippen LogP contribution in [0.1, 0.15) is 65.2 Å². The van der Waals surface area contributed by atoms with Gasteiger partial charge in [-0.15, -0.1) is 0 Å². The monoisotopic (exact) mass is 282 g/mol. The Morgan fingerprint density at radius 3 is 2.90 bits per heavy atom. The van der Waals surface area contributed by atoms with E-state index in [9.17, 15) is 4.79 Å². The summed E-state index contributed by atoms with van der Waals surface area (Å²) in [5, 5.41) is 0. The fourth-order valence-electron chi connectivity index (χ4n) is 5.74. The van der Waals surface area contributed by atoms with Gasteiger partial charge in [0.25, 0.3) is 0 Å². The van der Waals surface area contributed by atoms with Crippen LogP contribution < -0.4 is 0 Å². The zero-order valence-corrected chi connectivity index (χ0v) is 13.4. The standard InChI is InChI=1S/C20H26O/c1-3-14-5-9-19-18-7-4-13-12-15(21)6-8-16(13)17(18)10-11-20(14,19)2/h5,12,18-19H,3-4,6-11H2,1-2H3. The highest BCUT2D eigenvalue weighted by atomic mass is 16.1. The molecule has 4 rings (SSSR count). The van der Waals surface area contributed by atoms with Crippen molar-refractivity contribution in [2.75, 3.05) is 0 Å². The fraction of sp³-hybridized carbons (Fsp3) is 0.650. The molecule has 0 bridgehead atoms. The van der Waals surface area contributed by atoms with Crippen LogP contribution in [0.3, 0.4) is 0 Å². The number of carbonyl (C=O) groups excluding carboxylic acids is 1. The average molecular weight is 282 g/mol. The van der Waals surface area contributed by atoms with Gasteiger partial charge in [-0.1, -0.05) is 31.1 Å². The van der Waals surface area contributed by atoms with Crippen molar-refractivity contribution in [3.63, 3.8) is 0 Å². The van der Waals surface area contributed by atoms with E-state index in [-0.39, 0.29) is 0 Å². The molecule has 0 heterocycles. The Morgan fingerprint density at radius 1 is 1.24 bits per heavy atom. The Labute approximate surface area is 128 Å². The van der Waals surface area contributed by atoms with E-state index >= 15 is 0 Å². The second-order valence-electron chi connectivity index (χ2n) is 7.63. The van der Waals surface area contributed by atoms with E-state index in [1.807, 2.05) is 6.08 Å². The summed E-state index contributed by atoms with van der Waals surface area (Å²) in [6, 6.07) is 0. The van der Waals surface area contributed by atoms with Gasteiger partial charge in [0.2, 0.25) is 0 Å². The lowest BCUT2D eigenvalue weighted by Crippen LogP contribution is -2.38. The predicted octanol–water partition coefficient (Wildman–Crippen LogP) is 5.14. The summed E-state index contributed by atoms with van der Waals surface area (Å²) in [6.07, 6.45) is 13.8. The molecule has 0 aromatic rings. The van der Waals surface area contributed by atoms with Gasteiger partial charge in [-0.05, 0) is 79.4 Å². The van der Waals surface area contributed by atoms with Crippen LogP contribution >= 0.6 is 0 Å². The lowest BCUT2D eigenvalue weighted by atomic mass is 9.56. The van der Waals surface area contributed by atoms with Crippen molar-refractivity contribution in [3.8, 4) is 0 Å². The molecule has 0 aromatic heterocycles. The molecule has 1 nitrogen and oxygen atoms in total. The number of carbonyl (C=O) groups is 1. The van der Waals surface area contributed by atoms with Crippen LogP contribution in [0.25, 0.3) is 0 Å². The first-order valence-electron chi connectivity index (χ1n) is 8.78. The summed E-state index contributed by atoms with van der Waals surface area (Å²) in [7, 11) is 0. The van der Waals surface area contributed by atoms with Crippen LogP contribution in [0.2, 0.25) is 0 Å². The van der Waals surface area contributed by atoms with Crippen LogP contribution in [-0.4, -0.2) is 5.78 Å². The molecule has 0 amide bonds. The number of hydrogen-bond acceptors (Lipinski definition) is 1. The Morgan fingerprint density at radius 2 is 2.10 bits per heavy atom. The average Bonchev–Trinajstić information content (AvgIpc) is 2.83. The number of fused-ring (bicyclic) bond motifs is 4. The molecule has 0 saturated heterocycles. The van der Waals surface area contributed by atoms with Crippen LogP contribution in [-0.2, 0) is 4.79 Å². The van der Waals surface area contributed by atoms with E-state index in [0.29, 0.717) is 11.2 Å². The number of allylic oxidation sites excluding steroid dienone is 6. The minimum Gasteiger partial charge on any atom is -0.295 e. The molecule has 3 atom stereocenters. The lowest BCUT2D eigenvalue weighted by molar-refractivity contribution is -0.114. The van der Waals surface area contributed by atoms with Crippen LogP contribution in [0.5, 0.6) is 0 Å². The maximum absolute atomic E-state index is 11.7. The lowest BCUT2D eigenvalue weighted by Gasteiger charge is -2.48. The highest BCUT2D eigenvalue weighted by Crippen LogP contribution is 2.60. The summed E-state index contributed by atoms with van der Waals surface area (Å²) in [6.45, 7) is 4.85. The number of rotatable bonds is 1. The predicted molar refractivity (Wildman–Crippen MR) is 85.9 cm³/mol. The Bertz CT molecular complexity index is 589. The van der Waals surface area contributed by atoms with Gasteiger partial charge in [-0.2, -0.15) is 0 Å². The molecule has 0 radical (unpaired) electrons. The van der Waals surface area contributed by atoms with Crippen molar-refractivity contribution in [3.05, 3.63) is 34.4 Å². The molecule has 0 N–H and O–H groups in total. The normalized spacial score (nSPS) is 38.5. The van der Waals surface area contributed by atoms with E-state index in [1.54, 1.807) is 16.7 Å². The molecule has 0 spiro atoms. The van der Waals surface area contributed by atoms with Crippen LogP contribution in [0.15, 0.2) is 34.4 Å². The van der Waals surface area contributed by atoms with Crippen LogP contribution in [0.4, 0.5) is 0 Å². The second kappa shape index (κ2) is 4.69. The van der Waals surface area contributed by atoms with Crippen molar-refractivity contribution < 1.29 is 4.79 Å². The largest absolute Gasteiger partial charge is 0.295 e. The van der Waals surface area contributed by atoms with Crippen molar-refractivity contribution in [2.45, 2.75) is 65.2 Å². The molecule has 1 heteroatoms. The van der Waals surface area contributed by atoms with Crippen molar-refractivity contribution in [1.82, 2.24) is 0 Å². The fourth-order valence-corrected chi connectivity index (χ4v) is 5.74. The third-order valence-electron chi connectivity index (χ3n) is 6.85. The molecule has 0 aromatic carbocycles. The summed E-state index contributed by atoms with van der Waals surface area (Å²) < 4.78 is 0. The third-order valence-corrected chi connectivity index (χ3v) is 6.85. The summed E-state index contributed by atoms with van der Waals surface area (Å²) in [4.78, 5) is 11.7. The maximum Gasteiger partial charge on any atom is 0.156 e. The highest BCUT2D eigenvalue weighted by molar-refractivity contribution is 5.93. The van der Waals surface area contributed by atoms with Gasteiger partial charge >= 0.3 is 0 Å². The van der Waals surface area contributed by atoms with Crippen molar-refractivity contribution >= 4 is 5.78 Å². The molecular formula is C20H26O. The summed E-state index contributed by atoms with van der Waals surface area (Å²) in [5.41, 5.74) is 6.92. The molecule has 4 aliphatic rings. The van der Waals surface area contributed by atoms with Gasteiger partial charge in [0.05, 0.1) is 0 Å². The van der Waals surface area contributed by atoms with E-state index in [1.165, 1.54) is 37.7 Å². The molecule has 1 saturated carbocycles. The molecule has 21 heavy (non-hydrogen) atoms. The molecule has 112 valence electrons. The first kappa shape index (κ1) is 13.5. The van der Waals surface area contributed by atoms with Crippen LogP contribution in [0, 0.1) is 17.3 Å². The number of ketones is 1. The van der Waals surface area contributed by atoms with E-state index in [0.717, 1.165) is 31.1 Å². The second-order valence-corrected chi connectivity index (χ2v) is 7.63. The molecular weight excluding hydrogens is 256 g/mol. The SMILES string of the molecule is CCC1=CCC2C3CCC4=CC(=O)CCC4=C3CCC12C. The Hall–Kier alpha value is -1.11. The molecule has 3 unspecified atom stereocenters. The van der Waals surface area contributed by atoms with Gasteiger partial charge in [0.1, 0.15) is 0 Å².